The predicted octanol–water partition coefficient (Wildman–Crippen LogP) is 2.07. The number of rotatable bonds is 16. The first-order valence-corrected chi connectivity index (χ1v) is 11.3. The fourth-order valence-electron chi connectivity index (χ4n) is 1.62. The molecule has 0 aromatic heterocycles. The summed E-state index contributed by atoms with van der Waals surface area (Å²) in [5.41, 5.74) is 0. The van der Waals surface area contributed by atoms with Gasteiger partial charge in [0.1, 0.15) is 0 Å². The van der Waals surface area contributed by atoms with Crippen LogP contribution in [0.1, 0.15) is 79.1 Å². The summed E-state index contributed by atoms with van der Waals surface area (Å²) >= 11 is -3.52. The van der Waals surface area contributed by atoms with E-state index in [-0.39, 0.29) is 12.4 Å². The topological polar surface area (TPSA) is 36.9 Å². The molecule has 0 aliphatic carbocycles. The van der Waals surface area contributed by atoms with Crippen LogP contribution in [0, 0.1) is 0 Å². The van der Waals surface area contributed by atoms with Crippen LogP contribution in [-0.4, -0.2) is 26.4 Å². The van der Waals surface area contributed by atoms with E-state index < -0.39 is 18.1 Å². The standard InChI is InChI=1S/4C4H9O.ClH.Ti/c4*1-2-3-4-5;;/h4*2-4H2,1H3;1H;/q4*-1;;+4/p-1. The minimum atomic E-state index is -3.52. The Morgan fingerprint density at radius 1 is 0.500 bits per heavy atom. The molecule has 0 aliphatic heterocycles. The summed E-state index contributed by atoms with van der Waals surface area (Å²) in [6, 6.07) is 0. The Labute approximate surface area is 149 Å². The molecule has 22 heavy (non-hydrogen) atoms. The smallest absolute Gasteiger partial charge is 1.00 e. The van der Waals surface area contributed by atoms with Crippen LogP contribution in [0.2, 0.25) is 0 Å². The quantitative estimate of drug-likeness (QED) is 0.306. The van der Waals surface area contributed by atoms with Crippen LogP contribution < -0.4 is 12.4 Å². The summed E-state index contributed by atoms with van der Waals surface area (Å²) in [5.74, 6) is 0. The van der Waals surface area contributed by atoms with E-state index in [9.17, 15) is 0 Å². The van der Waals surface area contributed by atoms with E-state index in [4.69, 9.17) is 13.3 Å². The second-order valence-electron chi connectivity index (χ2n) is 5.31. The van der Waals surface area contributed by atoms with Gasteiger partial charge in [-0.25, -0.2) is 0 Å². The fraction of sp³-hybridized carbons (Fsp3) is 1.00. The molecule has 6 heteroatoms. The fourth-order valence-corrected chi connectivity index (χ4v) is 4.86. The van der Waals surface area contributed by atoms with E-state index in [1.165, 1.54) is 0 Å². The number of unbranched alkanes of at least 4 members (excludes halogenated alkanes) is 4. The van der Waals surface area contributed by atoms with Crippen molar-refractivity contribution in [2.24, 2.45) is 0 Å². The van der Waals surface area contributed by atoms with E-state index in [1.807, 2.05) is 0 Å². The first-order chi connectivity index (χ1) is 10.2. The van der Waals surface area contributed by atoms with Crippen LogP contribution in [0.4, 0.5) is 0 Å². The zero-order valence-electron chi connectivity index (χ0n) is 15.0. The Balaban J connectivity index is 0. The van der Waals surface area contributed by atoms with E-state index in [1.54, 1.807) is 0 Å². The summed E-state index contributed by atoms with van der Waals surface area (Å²) in [4.78, 5) is 0. The molecule has 0 spiro atoms. The van der Waals surface area contributed by atoms with Gasteiger partial charge in [-0.1, -0.05) is 0 Å². The van der Waals surface area contributed by atoms with Gasteiger partial charge in [-0.2, -0.15) is 0 Å². The van der Waals surface area contributed by atoms with Crippen molar-refractivity contribution in [3.63, 3.8) is 0 Å². The van der Waals surface area contributed by atoms with E-state index in [2.05, 4.69) is 27.7 Å². The Kier molecular flexibility index (Phi) is 20.7. The average Bonchev–Trinajstić information content (AvgIpc) is 2.48. The Bertz CT molecular complexity index is 175. The third-order valence-corrected chi connectivity index (χ3v) is 6.59. The van der Waals surface area contributed by atoms with Crippen molar-refractivity contribution in [1.82, 2.24) is 0 Å². The molecule has 4 nitrogen and oxygen atoms in total. The number of hydrogen-bond donors (Lipinski definition) is 0. The van der Waals surface area contributed by atoms with Crippen molar-refractivity contribution in [2.45, 2.75) is 79.1 Å². The van der Waals surface area contributed by atoms with Gasteiger partial charge >= 0.3 is 137 Å². The largest absolute Gasteiger partial charge is 1.00 e. The number of halogens is 1. The van der Waals surface area contributed by atoms with Gasteiger partial charge in [0, 0.05) is 0 Å². The molecule has 0 unspecified atom stereocenters. The van der Waals surface area contributed by atoms with Crippen molar-refractivity contribution in [2.75, 3.05) is 26.4 Å². The van der Waals surface area contributed by atoms with Crippen LogP contribution in [0.5, 0.6) is 0 Å². The van der Waals surface area contributed by atoms with Crippen LogP contribution in [0.3, 0.4) is 0 Å². The van der Waals surface area contributed by atoms with Gasteiger partial charge in [-0.3, -0.25) is 0 Å². The monoisotopic (exact) mass is 375 g/mol. The molecule has 0 bridgehead atoms. The molecular formula is C16H36ClO4Ti-. The maximum atomic E-state index is 6.03. The first kappa shape index (κ1) is 25.1. The van der Waals surface area contributed by atoms with Gasteiger partial charge in [0.25, 0.3) is 0 Å². The van der Waals surface area contributed by atoms with Crippen molar-refractivity contribution in [3.8, 4) is 0 Å². The van der Waals surface area contributed by atoms with E-state index in [0.717, 1.165) is 51.4 Å². The molecular weight excluding hydrogens is 339 g/mol. The molecule has 0 saturated carbocycles. The third-order valence-electron chi connectivity index (χ3n) is 3.11. The first-order valence-electron chi connectivity index (χ1n) is 8.80. The molecule has 0 saturated heterocycles. The molecule has 0 atom stereocenters. The Morgan fingerprint density at radius 3 is 0.909 bits per heavy atom. The minimum absolute atomic E-state index is 0. The van der Waals surface area contributed by atoms with Crippen molar-refractivity contribution < 1.29 is 43.8 Å². The molecule has 0 rings (SSSR count). The second-order valence-corrected chi connectivity index (χ2v) is 8.67. The summed E-state index contributed by atoms with van der Waals surface area (Å²) in [6.45, 7) is 11.4. The Hall–Kier alpha value is 0.844. The van der Waals surface area contributed by atoms with Gasteiger partial charge in [0.15, 0.2) is 0 Å². The van der Waals surface area contributed by atoms with Gasteiger partial charge in [0.2, 0.25) is 0 Å². The SMILES string of the molecule is CCCC[O][Ti]([O]CCCC)([O]CCCC)[O]CCCC.[Cl-]. The molecule has 0 heterocycles. The van der Waals surface area contributed by atoms with Crippen LogP contribution in [0.15, 0.2) is 0 Å². The molecule has 0 aromatic rings. The summed E-state index contributed by atoms with van der Waals surface area (Å²) < 4.78 is 24.1. The zero-order valence-corrected chi connectivity index (χ0v) is 17.3. The number of hydrogen-bond acceptors (Lipinski definition) is 4. The van der Waals surface area contributed by atoms with Crippen LogP contribution in [-0.2, 0) is 31.4 Å². The third kappa shape index (κ3) is 13.3. The second kappa shape index (κ2) is 18.2. The summed E-state index contributed by atoms with van der Waals surface area (Å²) in [5, 5.41) is 0. The summed E-state index contributed by atoms with van der Waals surface area (Å²) in [7, 11) is 0. The Morgan fingerprint density at radius 2 is 0.727 bits per heavy atom. The van der Waals surface area contributed by atoms with Gasteiger partial charge in [-0.15, -0.1) is 0 Å². The van der Waals surface area contributed by atoms with Crippen LogP contribution >= 0.6 is 0 Å². The van der Waals surface area contributed by atoms with Crippen LogP contribution in [0.25, 0.3) is 0 Å². The normalized spacial score (nSPS) is 11.5. The maximum absolute atomic E-state index is 6.03. The molecule has 0 N–H and O–H groups in total. The minimum Gasteiger partial charge on any atom is -1.00 e. The zero-order chi connectivity index (χ0) is 15.8. The molecule has 0 radical (unpaired) electrons. The van der Waals surface area contributed by atoms with Crippen molar-refractivity contribution >= 4 is 0 Å². The van der Waals surface area contributed by atoms with Gasteiger partial charge in [0.05, 0.1) is 0 Å². The van der Waals surface area contributed by atoms with Crippen molar-refractivity contribution in [1.29, 1.82) is 0 Å². The molecule has 136 valence electrons. The van der Waals surface area contributed by atoms with Gasteiger partial charge in [-0.05, 0) is 0 Å². The molecule has 0 fully saturated rings. The van der Waals surface area contributed by atoms with E-state index in [0.29, 0.717) is 26.4 Å². The maximum Gasteiger partial charge on any atom is -1.00 e. The summed E-state index contributed by atoms with van der Waals surface area (Å²) in [6.07, 6.45) is 8.54. The molecule has 0 aromatic carbocycles. The van der Waals surface area contributed by atoms with Gasteiger partial charge < -0.3 is 12.4 Å². The predicted molar refractivity (Wildman–Crippen MR) is 83.4 cm³/mol. The van der Waals surface area contributed by atoms with E-state index >= 15 is 0 Å². The average molecular weight is 376 g/mol. The van der Waals surface area contributed by atoms with Crippen molar-refractivity contribution in [3.05, 3.63) is 0 Å². The molecule has 0 aliphatic rings. The molecule has 0 amide bonds.